The monoisotopic (exact) mass is 204 g/mol. The zero-order chi connectivity index (χ0) is 8.81. The number of hydrogen-bond donors (Lipinski definition) is 1. The van der Waals surface area contributed by atoms with Crippen molar-refractivity contribution in [3.8, 4) is 0 Å². The topological polar surface area (TPSA) is 0 Å². The van der Waals surface area contributed by atoms with E-state index in [0.29, 0.717) is 0 Å². The van der Waals surface area contributed by atoms with Crippen molar-refractivity contribution in [2.45, 2.75) is 32.6 Å². The fourth-order valence-electron chi connectivity index (χ4n) is 1.67. The molecule has 0 aromatic carbocycles. The summed E-state index contributed by atoms with van der Waals surface area (Å²) >= 11 is 6.42. The molecule has 1 atom stereocenters. The first kappa shape index (κ1) is 10.8. The van der Waals surface area contributed by atoms with Gasteiger partial charge in [-0.3, -0.25) is 0 Å². The molecule has 0 aromatic heterocycles. The van der Waals surface area contributed by atoms with Crippen LogP contribution in [0.1, 0.15) is 32.6 Å². The molecule has 1 fully saturated rings. The minimum atomic E-state index is 0.791. The zero-order valence-electron chi connectivity index (χ0n) is 7.96. The summed E-state index contributed by atoms with van der Waals surface area (Å²) in [5.74, 6) is 5.58. The molecule has 0 nitrogen and oxygen atoms in total. The average molecular weight is 204 g/mol. The predicted octanol–water partition coefficient (Wildman–Crippen LogP) is 3.48. The lowest BCUT2D eigenvalue weighted by molar-refractivity contribution is 0.621. The van der Waals surface area contributed by atoms with E-state index < -0.39 is 0 Å². The average Bonchev–Trinajstić information content (AvgIpc) is 2.57. The highest BCUT2D eigenvalue weighted by Gasteiger charge is 2.14. The number of thiol groups is 1. The van der Waals surface area contributed by atoms with Crippen molar-refractivity contribution in [3.05, 3.63) is 0 Å². The Morgan fingerprint density at radius 2 is 2.08 bits per heavy atom. The van der Waals surface area contributed by atoms with Crippen molar-refractivity contribution in [1.29, 1.82) is 0 Å². The predicted molar refractivity (Wildman–Crippen MR) is 62.3 cm³/mol. The van der Waals surface area contributed by atoms with Gasteiger partial charge in [0.05, 0.1) is 0 Å². The van der Waals surface area contributed by atoms with Crippen LogP contribution in [0, 0.1) is 11.8 Å². The third-order valence-corrected chi connectivity index (χ3v) is 4.68. The maximum atomic E-state index is 4.28. The fourth-order valence-corrected chi connectivity index (χ4v) is 3.29. The molecule has 0 aliphatic heterocycles. The van der Waals surface area contributed by atoms with E-state index in [2.05, 4.69) is 31.3 Å². The highest BCUT2D eigenvalue weighted by molar-refractivity contribution is 7.99. The Morgan fingerprint density at radius 1 is 1.42 bits per heavy atom. The standard InChI is InChI=1S/C10H20S2/c1-9(6-11)7-12-8-10-4-2-3-5-10/h9-11H,2-8H2,1H3. The largest absolute Gasteiger partial charge is 0.179 e. The van der Waals surface area contributed by atoms with Gasteiger partial charge in [-0.15, -0.1) is 0 Å². The van der Waals surface area contributed by atoms with Gasteiger partial charge in [0.1, 0.15) is 0 Å². The van der Waals surface area contributed by atoms with Gasteiger partial charge < -0.3 is 0 Å². The van der Waals surface area contributed by atoms with Gasteiger partial charge in [0.2, 0.25) is 0 Å². The second-order valence-corrected chi connectivity index (χ2v) is 5.42. The highest BCUT2D eigenvalue weighted by atomic mass is 32.2. The van der Waals surface area contributed by atoms with Gasteiger partial charge in [-0.05, 0) is 41.9 Å². The van der Waals surface area contributed by atoms with Crippen LogP contribution in [0.5, 0.6) is 0 Å². The van der Waals surface area contributed by atoms with Crippen molar-refractivity contribution in [1.82, 2.24) is 0 Å². The molecule has 0 saturated heterocycles. The summed E-state index contributed by atoms with van der Waals surface area (Å²) in [6, 6.07) is 0. The minimum absolute atomic E-state index is 0.791. The molecule has 0 N–H and O–H groups in total. The summed E-state index contributed by atoms with van der Waals surface area (Å²) in [5, 5.41) is 0. The summed E-state index contributed by atoms with van der Waals surface area (Å²) in [6.45, 7) is 2.29. The van der Waals surface area contributed by atoms with Crippen LogP contribution in [0.25, 0.3) is 0 Å². The Morgan fingerprint density at radius 3 is 2.67 bits per heavy atom. The van der Waals surface area contributed by atoms with Crippen LogP contribution in [0.15, 0.2) is 0 Å². The lowest BCUT2D eigenvalue weighted by atomic mass is 10.1. The highest BCUT2D eigenvalue weighted by Crippen LogP contribution is 2.28. The lowest BCUT2D eigenvalue weighted by Gasteiger charge is -2.10. The molecule has 0 heterocycles. The van der Waals surface area contributed by atoms with Crippen LogP contribution in [-0.4, -0.2) is 17.3 Å². The maximum absolute atomic E-state index is 4.28. The Balaban J connectivity index is 1.94. The molecule has 72 valence electrons. The lowest BCUT2D eigenvalue weighted by Crippen LogP contribution is -2.03. The van der Waals surface area contributed by atoms with Gasteiger partial charge in [-0.2, -0.15) is 24.4 Å². The fraction of sp³-hybridized carbons (Fsp3) is 1.00. The van der Waals surface area contributed by atoms with Crippen molar-refractivity contribution in [2.24, 2.45) is 11.8 Å². The first-order valence-corrected chi connectivity index (χ1v) is 6.80. The molecule has 0 radical (unpaired) electrons. The molecule has 12 heavy (non-hydrogen) atoms. The molecule has 2 heteroatoms. The van der Waals surface area contributed by atoms with Crippen molar-refractivity contribution in [3.63, 3.8) is 0 Å². The molecule has 1 aliphatic rings. The molecule has 0 spiro atoms. The van der Waals surface area contributed by atoms with Crippen LogP contribution >= 0.6 is 24.4 Å². The number of rotatable bonds is 5. The van der Waals surface area contributed by atoms with Crippen LogP contribution in [0.3, 0.4) is 0 Å². The normalized spacial score (nSPS) is 21.5. The Bertz CT molecular complexity index is 108. The van der Waals surface area contributed by atoms with Crippen molar-refractivity contribution in [2.75, 3.05) is 17.3 Å². The van der Waals surface area contributed by atoms with Gasteiger partial charge in [-0.1, -0.05) is 19.8 Å². The van der Waals surface area contributed by atoms with Crippen LogP contribution in [-0.2, 0) is 0 Å². The summed E-state index contributed by atoms with van der Waals surface area (Å²) in [5.41, 5.74) is 0. The van der Waals surface area contributed by atoms with Crippen molar-refractivity contribution >= 4 is 24.4 Å². The Labute approximate surface area is 86.3 Å². The van der Waals surface area contributed by atoms with E-state index in [9.17, 15) is 0 Å². The summed E-state index contributed by atoms with van der Waals surface area (Å²) in [4.78, 5) is 0. The minimum Gasteiger partial charge on any atom is -0.179 e. The van der Waals surface area contributed by atoms with E-state index in [1.165, 1.54) is 37.2 Å². The molecule has 0 amide bonds. The van der Waals surface area contributed by atoms with Gasteiger partial charge in [0.25, 0.3) is 0 Å². The van der Waals surface area contributed by atoms with Crippen molar-refractivity contribution < 1.29 is 0 Å². The van der Waals surface area contributed by atoms with E-state index in [1.54, 1.807) is 0 Å². The summed E-state index contributed by atoms with van der Waals surface area (Å²) in [6.07, 6.45) is 5.94. The second-order valence-electron chi connectivity index (χ2n) is 3.98. The third kappa shape index (κ3) is 4.08. The first-order valence-electron chi connectivity index (χ1n) is 5.01. The summed E-state index contributed by atoms with van der Waals surface area (Å²) < 4.78 is 0. The number of thioether (sulfide) groups is 1. The van der Waals surface area contributed by atoms with E-state index >= 15 is 0 Å². The molecule has 0 bridgehead atoms. The van der Waals surface area contributed by atoms with Gasteiger partial charge in [0.15, 0.2) is 0 Å². The Kier molecular flexibility index (Phi) is 5.57. The quantitative estimate of drug-likeness (QED) is 0.669. The maximum Gasteiger partial charge on any atom is -0.00339 e. The van der Waals surface area contributed by atoms with Crippen LogP contribution in [0.2, 0.25) is 0 Å². The summed E-state index contributed by atoms with van der Waals surface area (Å²) in [7, 11) is 0. The smallest absolute Gasteiger partial charge is 0.00339 e. The van der Waals surface area contributed by atoms with Gasteiger partial charge >= 0.3 is 0 Å². The Hall–Kier alpha value is 0.700. The van der Waals surface area contributed by atoms with E-state index in [-0.39, 0.29) is 0 Å². The molecule has 1 unspecified atom stereocenters. The van der Waals surface area contributed by atoms with Crippen LogP contribution < -0.4 is 0 Å². The number of hydrogen-bond acceptors (Lipinski definition) is 2. The van der Waals surface area contributed by atoms with E-state index in [1.807, 2.05) is 0 Å². The SMILES string of the molecule is CC(CS)CSCC1CCCC1. The van der Waals surface area contributed by atoms with Gasteiger partial charge in [0, 0.05) is 0 Å². The van der Waals surface area contributed by atoms with E-state index in [0.717, 1.165) is 17.6 Å². The third-order valence-electron chi connectivity index (χ3n) is 2.54. The van der Waals surface area contributed by atoms with Gasteiger partial charge in [-0.25, -0.2) is 0 Å². The first-order chi connectivity index (χ1) is 5.83. The molecular formula is C10H20S2. The zero-order valence-corrected chi connectivity index (χ0v) is 9.67. The second kappa shape index (κ2) is 6.20. The molecule has 1 saturated carbocycles. The molecule has 1 rings (SSSR count). The van der Waals surface area contributed by atoms with E-state index in [4.69, 9.17) is 0 Å². The van der Waals surface area contributed by atoms with Crippen LogP contribution in [0.4, 0.5) is 0 Å². The molecule has 0 aromatic rings. The molecule has 1 aliphatic carbocycles. The molecular weight excluding hydrogens is 184 g/mol.